The lowest BCUT2D eigenvalue weighted by atomic mass is 9.91. The molecule has 0 rings (SSSR count). The summed E-state index contributed by atoms with van der Waals surface area (Å²) in [5.41, 5.74) is -1.64. The van der Waals surface area contributed by atoms with Crippen LogP contribution in [0, 0.1) is 16.2 Å². The molecule has 0 radical (unpaired) electrons. The van der Waals surface area contributed by atoms with E-state index in [4.69, 9.17) is 24.1 Å². The number of carbonyl (C=O) groups is 4. The van der Waals surface area contributed by atoms with Gasteiger partial charge in [-0.15, -0.1) is 0 Å². The van der Waals surface area contributed by atoms with Crippen LogP contribution in [0.15, 0.2) is 0 Å². The second-order valence-corrected chi connectivity index (χ2v) is 11.6. The molecule has 218 valence electrons. The molecular weight excluding hydrogens is 504 g/mol. The smallest absolute Gasteiger partial charge is 0.312 e. The van der Waals surface area contributed by atoms with Crippen molar-refractivity contribution < 1.29 is 48.3 Å². The van der Waals surface area contributed by atoms with Crippen LogP contribution < -0.4 is 0 Å². The third kappa shape index (κ3) is 16.6. The van der Waals surface area contributed by atoms with Crippen LogP contribution in [0.5, 0.6) is 0 Å². The summed E-state index contributed by atoms with van der Waals surface area (Å²) < 4.78 is 19.5. The van der Waals surface area contributed by atoms with Gasteiger partial charge in [0.1, 0.15) is 25.9 Å². The van der Waals surface area contributed by atoms with Gasteiger partial charge >= 0.3 is 23.9 Å². The lowest BCUT2D eigenvalue weighted by molar-refractivity contribution is -0.160. The van der Waals surface area contributed by atoms with E-state index in [1.165, 1.54) is 18.9 Å². The quantitative estimate of drug-likeness (QED) is 0.165. The molecule has 1 atom stereocenters. The minimum absolute atomic E-state index is 0.0995. The summed E-state index contributed by atoms with van der Waals surface area (Å²) in [6.45, 7) is 14.1. The fraction of sp³-hybridized carbons (Fsp3) is 0.846. The van der Waals surface area contributed by atoms with Crippen LogP contribution in [-0.4, -0.2) is 85.2 Å². The lowest BCUT2D eigenvalue weighted by Crippen LogP contribution is -2.31. The molecule has 0 saturated heterocycles. The first-order valence-corrected chi connectivity index (χ1v) is 13.6. The maximum atomic E-state index is 11.8. The summed E-state index contributed by atoms with van der Waals surface area (Å²) in [4.78, 5) is 46.1. The van der Waals surface area contributed by atoms with E-state index in [2.05, 4.69) is 0 Å². The Labute approximate surface area is 226 Å². The highest BCUT2D eigenvalue weighted by atomic mass is 32.2. The number of carbonyl (C=O) groups excluding carboxylic acids is 4. The molecular formula is C26H48O10S. The molecule has 0 bridgehead atoms. The molecule has 0 aliphatic carbocycles. The number of hydrogen-bond acceptors (Lipinski definition) is 11. The number of methoxy groups -OCH3 is 1. The highest BCUT2D eigenvalue weighted by molar-refractivity contribution is 7.99. The van der Waals surface area contributed by atoms with Gasteiger partial charge in [0, 0.05) is 11.5 Å². The standard InChI is InChI=1S/C18H32O7S.C8H16O3/c1-7-17(2,3)16(22)25-11-13(19)10-24-14(20)8-9-26-12-18(4,5)15(21)23-6;1-4-8(2,3)7(10)11-6-5-9/h13,19H,7-12H2,1-6H3;9H,4-6H2,1-3H3. The molecule has 0 aliphatic heterocycles. The largest absolute Gasteiger partial charge is 0.469 e. The molecule has 0 aromatic carbocycles. The van der Waals surface area contributed by atoms with Crippen molar-refractivity contribution in [2.45, 2.75) is 80.8 Å². The molecule has 0 fully saturated rings. The number of esters is 4. The van der Waals surface area contributed by atoms with Gasteiger partial charge in [0.25, 0.3) is 0 Å². The first-order valence-electron chi connectivity index (χ1n) is 12.5. The fourth-order valence-corrected chi connectivity index (χ4v) is 3.20. The molecule has 0 amide bonds. The van der Waals surface area contributed by atoms with Crippen molar-refractivity contribution in [1.29, 1.82) is 0 Å². The normalized spacial score (nSPS) is 12.5. The highest BCUT2D eigenvalue weighted by Crippen LogP contribution is 2.24. The van der Waals surface area contributed by atoms with Crippen LogP contribution in [0.25, 0.3) is 0 Å². The molecule has 1 unspecified atom stereocenters. The first kappa shape index (κ1) is 37.3. The molecule has 0 heterocycles. The zero-order valence-corrected chi connectivity index (χ0v) is 24.8. The van der Waals surface area contributed by atoms with E-state index in [1.54, 1.807) is 27.7 Å². The van der Waals surface area contributed by atoms with Crippen molar-refractivity contribution in [1.82, 2.24) is 0 Å². The van der Waals surface area contributed by atoms with Crippen LogP contribution in [-0.2, 0) is 38.1 Å². The van der Waals surface area contributed by atoms with Gasteiger partial charge in [-0.05, 0) is 54.4 Å². The van der Waals surface area contributed by atoms with Crippen molar-refractivity contribution in [2.24, 2.45) is 16.2 Å². The lowest BCUT2D eigenvalue weighted by Gasteiger charge is -2.21. The van der Waals surface area contributed by atoms with Crippen molar-refractivity contribution in [3.8, 4) is 0 Å². The van der Waals surface area contributed by atoms with Crippen LogP contribution in [0.1, 0.15) is 74.7 Å². The first-order chi connectivity index (χ1) is 17.0. The molecule has 0 aromatic rings. The van der Waals surface area contributed by atoms with Crippen LogP contribution in [0.3, 0.4) is 0 Å². The number of rotatable bonds is 16. The van der Waals surface area contributed by atoms with E-state index in [9.17, 15) is 24.3 Å². The third-order valence-electron chi connectivity index (χ3n) is 5.69. The average Bonchev–Trinajstić information content (AvgIpc) is 2.86. The summed E-state index contributed by atoms with van der Waals surface area (Å²) in [7, 11) is 1.35. The Morgan fingerprint density at radius 1 is 0.784 bits per heavy atom. The average molecular weight is 553 g/mol. The minimum atomic E-state index is -1.05. The summed E-state index contributed by atoms with van der Waals surface area (Å²) in [5, 5.41) is 18.1. The van der Waals surface area contributed by atoms with Crippen LogP contribution in [0.2, 0.25) is 0 Å². The maximum absolute atomic E-state index is 11.8. The minimum Gasteiger partial charge on any atom is -0.469 e. The Kier molecular flexibility index (Phi) is 18.6. The van der Waals surface area contributed by atoms with E-state index in [-0.39, 0.29) is 44.8 Å². The summed E-state index contributed by atoms with van der Waals surface area (Å²) in [5.74, 6) is -0.360. The van der Waals surface area contributed by atoms with Gasteiger partial charge < -0.3 is 29.2 Å². The number of hydrogen-bond donors (Lipinski definition) is 2. The predicted octanol–water partition coefficient (Wildman–Crippen LogP) is 3.15. The molecule has 2 N–H and O–H groups in total. The molecule has 11 heteroatoms. The fourth-order valence-electron chi connectivity index (χ4n) is 2.12. The zero-order valence-electron chi connectivity index (χ0n) is 24.0. The van der Waals surface area contributed by atoms with Gasteiger partial charge in [0.2, 0.25) is 0 Å². The van der Waals surface area contributed by atoms with Gasteiger partial charge in [0.15, 0.2) is 0 Å². The molecule has 37 heavy (non-hydrogen) atoms. The van der Waals surface area contributed by atoms with Crippen molar-refractivity contribution in [3.05, 3.63) is 0 Å². The van der Waals surface area contributed by atoms with Crippen LogP contribution >= 0.6 is 11.8 Å². The van der Waals surface area contributed by atoms with E-state index < -0.39 is 34.3 Å². The Balaban J connectivity index is 0. The topological polar surface area (TPSA) is 146 Å². The molecule has 0 aromatic heterocycles. The number of ether oxygens (including phenoxy) is 4. The third-order valence-corrected chi connectivity index (χ3v) is 7.11. The van der Waals surface area contributed by atoms with Crippen molar-refractivity contribution in [2.75, 3.05) is 45.0 Å². The maximum Gasteiger partial charge on any atom is 0.312 e. The van der Waals surface area contributed by atoms with Gasteiger partial charge in [-0.2, -0.15) is 11.8 Å². The van der Waals surface area contributed by atoms with E-state index in [1.807, 2.05) is 27.7 Å². The zero-order chi connectivity index (χ0) is 29.3. The monoisotopic (exact) mass is 552 g/mol. The van der Waals surface area contributed by atoms with Crippen molar-refractivity contribution >= 4 is 35.6 Å². The molecule has 0 aliphatic rings. The number of aliphatic hydroxyl groups excluding tert-OH is 2. The molecule has 10 nitrogen and oxygen atoms in total. The van der Waals surface area contributed by atoms with Gasteiger partial charge in [-0.3, -0.25) is 19.2 Å². The van der Waals surface area contributed by atoms with Gasteiger partial charge in [0.05, 0.1) is 36.4 Å². The van der Waals surface area contributed by atoms with Crippen molar-refractivity contribution in [3.63, 3.8) is 0 Å². The Hall–Kier alpha value is -1.85. The highest BCUT2D eigenvalue weighted by Gasteiger charge is 2.29. The van der Waals surface area contributed by atoms with Gasteiger partial charge in [-0.25, -0.2) is 0 Å². The molecule has 0 spiro atoms. The Morgan fingerprint density at radius 2 is 1.27 bits per heavy atom. The number of aliphatic hydroxyl groups is 2. The van der Waals surface area contributed by atoms with Gasteiger partial charge in [-0.1, -0.05) is 13.8 Å². The van der Waals surface area contributed by atoms with E-state index in [0.717, 1.165) is 6.42 Å². The van der Waals surface area contributed by atoms with E-state index >= 15 is 0 Å². The van der Waals surface area contributed by atoms with E-state index in [0.29, 0.717) is 17.9 Å². The summed E-state index contributed by atoms with van der Waals surface area (Å²) in [6, 6.07) is 0. The summed E-state index contributed by atoms with van der Waals surface area (Å²) in [6.07, 6.45) is 0.483. The second kappa shape index (κ2) is 18.4. The molecule has 0 saturated carbocycles. The Morgan fingerprint density at radius 3 is 1.73 bits per heavy atom. The predicted molar refractivity (Wildman–Crippen MR) is 142 cm³/mol. The number of thioether (sulfide) groups is 1. The van der Waals surface area contributed by atoms with Crippen LogP contribution in [0.4, 0.5) is 0 Å². The summed E-state index contributed by atoms with van der Waals surface area (Å²) >= 11 is 1.45. The SMILES string of the molecule is CCC(C)(C)C(=O)OCC(O)COC(=O)CCSCC(C)(C)C(=O)OC.CCC(C)(C)C(=O)OCCO. The second-order valence-electron chi connectivity index (χ2n) is 10.4. The Bertz CT molecular complexity index is 703.